The van der Waals surface area contributed by atoms with Crippen LogP contribution in [0.1, 0.15) is 11.4 Å². The number of nitrogens with two attached hydrogens (primary N) is 1. The minimum absolute atomic E-state index is 0.559. The van der Waals surface area contributed by atoms with Gasteiger partial charge in [-0.3, -0.25) is 0 Å². The summed E-state index contributed by atoms with van der Waals surface area (Å²) in [5.41, 5.74) is 6.78. The molecule has 16 heavy (non-hydrogen) atoms. The summed E-state index contributed by atoms with van der Waals surface area (Å²) in [7, 11) is 0. The Kier molecular flexibility index (Phi) is 3.61. The lowest BCUT2D eigenvalue weighted by Crippen LogP contribution is -2.14. The zero-order valence-electron chi connectivity index (χ0n) is 9.08. The number of nitrogens with zero attached hydrogens (tertiary/aromatic N) is 4. The van der Waals surface area contributed by atoms with E-state index < -0.39 is 0 Å². The van der Waals surface area contributed by atoms with Gasteiger partial charge >= 0.3 is 0 Å². The molecule has 2 N–H and O–H groups in total. The van der Waals surface area contributed by atoms with Crippen LogP contribution in [0.25, 0.3) is 0 Å². The van der Waals surface area contributed by atoms with E-state index in [2.05, 4.69) is 27.7 Å². The fourth-order valence-corrected chi connectivity index (χ4v) is 1.60. The van der Waals surface area contributed by atoms with Gasteiger partial charge in [-0.25, -0.2) is 4.68 Å². The third-order valence-electron chi connectivity index (χ3n) is 2.43. The number of benzene rings is 1. The molecule has 0 aliphatic heterocycles. The van der Waals surface area contributed by atoms with E-state index in [0.717, 1.165) is 18.7 Å². The van der Waals surface area contributed by atoms with Crippen LogP contribution >= 0.6 is 0 Å². The zero-order valence-corrected chi connectivity index (χ0v) is 9.08. The van der Waals surface area contributed by atoms with E-state index in [1.807, 2.05) is 18.2 Å². The van der Waals surface area contributed by atoms with Gasteiger partial charge in [0.2, 0.25) is 0 Å². The molecule has 0 radical (unpaired) electrons. The number of rotatable bonds is 5. The molecule has 0 saturated carbocycles. The maximum atomic E-state index is 5.48. The minimum atomic E-state index is 0.559. The van der Waals surface area contributed by atoms with Crippen molar-refractivity contribution in [2.45, 2.75) is 19.4 Å². The highest BCUT2D eigenvalue weighted by Gasteiger charge is 2.04. The number of tetrazole rings is 1. The molecule has 5 heteroatoms. The summed E-state index contributed by atoms with van der Waals surface area (Å²) < 4.78 is 1.77. The lowest BCUT2D eigenvalue weighted by Gasteiger charge is -2.02. The molecule has 1 aromatic heterocycles. The molecule has 5 nitrogen and oxygen atoms in total. The summed E-state index contributed by atoms with van der Waals surface area (Å²) >= 11 is 0. The van der Waals surface area contributed by atoms with Crippen molar-refractivity contribution < 1.29 is 0 Å². The van der Waals surface area contributed by atoms with Crippen molar-refractivity contribution in [3.63, 3.8) is 0 Å². The first kappa shape index (κ1) is 10.8. The van der Waals surface area contributed by atoms with E-state index >= 15 is 0 Å². The molecule has 0 amide bonds. The van der Waals surface area contributed by atoms with Crippen molar-refractivity contribution in [1.29, 1.82) is 0 Å². The number of hydrogen-bond acceptors (Lipinski definition) is 4. The molecule has 0 bridgehead atoms. The maximum absolute atomic E-state index is 5.48. The molecule has 0 unspecified atom stereocenters. The van der Waals surface area contributed by atoms with Gasteiger partial charge in [0.15, 0.2) is 5.82 Å². The molecule has 0 saturated heterocycles. The Morgan fingerprint density at radius 3 is 2.69 bits per heavy atom. The van der Waals surface area contributed by atoms with Gasteiger partial charge in [-0.05, 0) is 22.4 Å². The molecule has 0 atom stereocenters. The Bertz CT molecular complexity index is 423. The summed E-state index contributed by atoms with van der Waals surface area (Å²) in [5, 5.41) is 11.6. The van der Waals surface area contributed by atoms with Crippen LogP contribution in [-0.4, -0.2) is 26.8 Å². The van der Waals surface area contributed by atoms with Crippen LogP contribution in [0, 0.1) is 0 Å². The summed E-state index contributed by atoms with van der Waals surface area (Å²) in [5.74, 6) is 0.898. The Balaban J connectivity index is 1.97. The van der Waals surface area contributed by atoms with Crippen LogP contribution in [0.3, 0.4) is 0 Å². The van der Waals surface area contributed by atoms with Crippen molar-refractivity contribution in [1.82, 2.24) is 20.2 Å². The van der Waals surface area contributed by atoms with Crippen LogP contribution in [0.15, 0.2) is 30.3 Å². The molecule has 0 aliphatic rings. The summed E-state index contributed by atoms with van der Waals surface area (Å²) in [6, 6.07) is 10.3. The summed E-state index contributed by atoms with van der Waals surface area (Å²) in [4.78, 5) is 0. The van der Waals surface area contributed by atoms with Crippen molar-refractivity contribution in [2.24, 2.45) is 5.73 Å². The molecular formula is C11H15N5. The van der Waals surface area contributed by atoms with E-state index in [4.69, 9.17) is 5.73 Å². The Morgan fingerprint density at radius 2 is 1.94 bits per heavy atom. The van der Waals surface area contributed by atoms with Crippen LogP contribution in [0.4, 0.5) is 0 Å². The van der Waals surface area contributed by atoms with E-state index in [1.165, 1.54) is 5.56 Å². The van der Waals surface area contributed by atoms with Crippen LogP contribution < -0.4 is 5.73 Å². The van der Waals surface area contributed by atoms with Gasteiger partial charge in [0, 0.05) is 13.0 Å². The van der Waals surface area contributed by atoms with E-state index in [9.17, 15) is 0 Å². The van der Waals surface area contributed by atoms with E-state index in [0.29, 0.717) is 13.1 Å². The van der Waals surface area contributed by atoms with Crippen molar-refractivity contribution in [3.05, 3.63) is 41.7 Å². The molecule has 1 heterocycles. The number of hydrogen-bond donors (Lipinski definition) is 1. The van der Waals surface area contributed by atoms with Crippen LogP contribution in [0.2, 0.25) is 0 Å². The molecule has 0 aliphatic carbocycles. The second-order valence-electron chi connectivity index (χ2n) is 3.59. The Hall–Kier alpha value is -1.75. The second kappa shape index (κ2) is 5.37. The first-order valence-electron chi connectivity index (χ1n) is 5.39. The lowest BCUT2D eigenvalue weighted by atomic mass is 10.1. The molecular weight excluding hydrogens is 202 g/mol. The minimum Gasteiger partial charge on any atom is -0.329 e. The monoisotopic (exact) mass is 217 g/mol. The fraction of sp³-hybridized carbons (Fsp3) is 0.364. The quantitative estimate of drug-likeness (QED) is 0.788. The van der Waals surface area contributed by atoms with Crippen molar-refractivity contribution in [3.8, 4) is 0 Å². The largest absolute Gasteiger partial charge is 0.329 e. The maximum Gasteiger partial charge on any atom is 0.151 e. The molecule has 0 fully saturated rings. The first-order chi connectivity index (χ1) is 7.90. The molecule has 2 rings (SSSR count). The van der Waals surface area contributed by atoms with Crippen molar-refractivity contribution in [2.75, 3.05) is 6.54 Å². The first-order valence-corrected chi connectivity index (χ1v) is 5.39. The van der Waals surface area contributed by atoms with Crippen molar-refractivity contribution >= 4 is 0 Å². The Morgan fingerprint density at radius 1 is 1.12 bits per heavy atom. The third-order valence-corrected chi connectivity index (χ3v) is 2.43. The predicted octanol–water partition coefficient (Wildman–Crippen LogP) is 0.417. The average molecular weight is 217 g/mol. The lowest BCUT2D eigenvalue weighted by molar-refractivity contribution is 0.570. The zero-order chi connectivity index (χ0) is 11.2. The van der Waals surface area contributed by atoms with E-state index in [1.54, 1.807) is 4.68 Å². The fourth-order valence-electron chi connectivity index (χ4n) is 1.60. The summed E-state index contributed by atoms with van der Waals surface area (Å²) in [6.07, 6.45) is 1.79. The highest BCUT2D eigenvalue weighted by atomic mass is 15.5. The van der Waals surface area contributed by atoms with Gasteiger partial charge in [0.25, 0.3) is 0 Å². The van der Waals surface area contributed by atoms with E-state index in [-0.39, 0.29) is 0 Å². The topological polar surface area (TPSA) is 69.6 Å². The number of aryl methyl sites for hydroxylation is 2. The van der Waals surface area contributed by atoms with Gasteiger partial charge in [0.05, 0.1) is 6.54 Å². The smallest absolute Gasteiger partial charge is 0.151 e. The van der Waals surface area contributed by atoms with Gasteiger partial charge in [-0.1, -0.05) is 30.3 Å². The standard InChI is InChI=1S/C11H15N5/c12-8-9-16-11(13-14-15-16)7-6-10-4-2-1-3-5-10/h1-5H,6-9,12H2. The molecule has 1 aromatic carbocycles. The predicted molar refractivity (Wildman–Crippen MR) is 60.7 cm³/mol. The molecule has 2 aromatic rings. The molecule has 84 valence electrons. The number of aromatic nitrogens is 4. The third kappa shape index (κ3) is 2.64. The second-order valence-corrected chi connectivity index (χ2v) is 3.59. The van der Waals surface area contributed by atoms with Gasteiger partial charge < -0.3 is 5.73 Å². The van der Waals surface area contributed by atoms with Gasteiger partial charge in [0.1, 0.15) is 0 Å². The van der Waals surface area contributed by atoms with Gasteiger partial charge in [-0.2, -0.15) is 0 Å². The SMILES string of the molecule is NCCn1nnnc1CCc1ccccc1. The molecule has 0 spiro atoms. The normalized spacial score (nSPS) is 10.6. The van der Waals surface area contributed by atoms with Crippen LogP contribution in [0.5, 0.6) is 0 Å². The van der Waals surface area contributed by atoms with Gasteiger partial charge in [-0.15, -0.1) is 5.10 Å². The summed E-state index contributed by atoms with van der Waals surface area (Å²) in [6.45, 7) is 1.24. The highest BCUT2D eigenvalue weighted by molar-refractivity contribution is 5.15. The Labute approximate surface area is 94.3 Å². The highest BCUT2D eigenvalue weighted by Crippen LogP contribution is 2.04. The van der Waals surface area contributed by atoms with Crippen LogP contribution in [-0.2, 0) is 19.4 Å². The average Bonchev–Trinajstić information content (AvgIpc) is 2.76.